The van der Waals surface area contributed by atoms with Crippen molar-refractivity contribution in [2.75, 3.05) is 19.6 Å². The normalized spacial score (nSPS) is 12.8. The van der Waals surface area contributed by atoms with Gasteiger partial charge in [0.15, 0.2) is 9.84 Å². The number of amides is 2. The second-order valence-electron chi connectivity index (χ2n) is 4.84. The van der Waals surface area contributed by atoms with E-state index in [1.807, 2.05) is 13.8 Å². The number of urea groups is 1. The van der Waals surface area contributed by atoms with Crippen LogP contribution in [-0.2, 0) is 9.84 Å². The van der Waals surface area contributed by atoms with E-state index in [-0.39, 0.29) is 16.8 Å². The molecule has 2 amide bonds. The Morgan fingerprint density at radius 1 is 1.30 bits per heavy atom. The zero-order valence-corrected chi connectivity index (χ0v) is 14.7. The fourth-order valence-corrected chi connectivity index (χ4v) is 5.00. The zero-order chi connectivity index (χ0) is 16.9. The molecule has 0 spiro atoms. The average Bonchev–Trinajstić information content (AvgIpc) is 3.22. The molecule has 0 fully saturated rings. The molecule has 1 atom stereocenters. The van der Waals surface area contributed by atoms with Gasteiger partial charge in [-0.3, -0.25) is 0 Å². The van der Waals surface area contributed by atoms with Crippen LogP contribution >= 0.6 is 11.3 Å². The fourth-order valence-electron chi connectivity index (χ4n) is 2.21. The number of furan rings is 1. The van der Waals surface area contributed by atoms with Crippen LogP contribution in [0.5, 0.6) is 0 Å². The molecule has 2 aromatic rings. The van der Waals surface area contributed by atoms with Crippen LogP contribution in [0.2, 0.25) is 0 Å². The van der Waals surface area contributed by atoms with Crippen LogP contribution in [0, 0.1) is 0 Å². The maximum Gasteiger partial charge on any atom is 0.317 e. The second kappa shape index (κ2) is 7.65. The molecular weight excluding hydrogens is 336 g/mol. The number of carbonyl (C=O) groups is 1. The van der Waals surface area contributed by atoms with Crippen molar-refractivity contribution in [3.8, 4) is 0 Å². The van der Waals surface area contributed by atoms with Gasteiger partial charge in [-0.25, -0.2) is 13.2 Å². The maximum atomic E-state index is 12.8. The molecule has 126 valence electrons. The van der Waals surface area contributed by atoms with Gasteiger partial charge in [0.25, 0.3) is 0 Å². The lowest BCUT2D eigenvalue weighted by molar-refractivity contribution is 0.203. The first kappa shape index (κ1) is 17.6. The molecule has 8 heteroatoms. The summed E-state index contributed by atoms with van der Waals surface area (Å²) in [4.78, 5) is 13.7. The molecule has 6 nitrogen and oxygen atoms in total. The van der Waals surface area contributed by atoms with Crippen LogP contribution < -0.4 is 5.32 Å². The van der Waals surface area contributed by atoms with Crippen LogP contribution in [0.15, 0.2) is 44.5 Å². The molecule has 23 heavy (non-hydrogen) atoms. The molecule has 0 aliphatic rings. The topological polar surface area (TPSA) is 79.6 Å². The lowest BCUT2D eigenvalue weighted by atomic mass is 10.3. The Labute approximate surface area is 140 Å². The molecule has 2 aromatic heterocycles. The Bertz CT molecular complexity index is 705. The average molecular weight is 356 g/mol. The smallest absolute Gasteiger partial charge is 0.317 e. The summed E-state index contributed by atoms with van der Waals surface area (Å²) in [7, 11) is -3.62. The monoisotopic (exact) mass is 356 g/mol. The number of sulfone groups is 1. The predicted octanol–water partition coefficient (Wildman–Crippen LogP) is 2.91. The summed E-state index contributed by atoms with van der Waals surface area (Å²) in [6.45, 7) is 4.82. The minimum absolute atomic E-state index is 0.0386. The first-order valence-corrected chi connectivity index (χ1v) is 9.76. The third-order valence-corrected chi connectivity index (χ3v) is 6.99. The fraction of sp³-hybridized carbons (Fsp3) is 0.400. The van der Waals surface area contributed by atoms with Gasteiger partial charge >= 0.3 is 6.03 Å². The predicted molar refractivity (Wildman–Crippen MR) is 89.3 cm³/mol. The number of hydrogen-bond donors (Lipinski definition) is 1. The highest BCUT2D eigenvalue weighted by Crippen LogP contribution is 2.31. The lowest BCUT2D eigenvalue weighted by Crippen LogP contribution is -2.42. The Kier molecular flexibility index (Phi) is 5.84. The van der Waals surface area contributed by atoms with E-state index in [4.69, 9.17) is 4.42 Å². The molecule has 0 radical (unpaired) electrons. The molecule has 0 aromatic carbocycles. The summed E-state index contributed by atoms with van der Waals surface area (Å²) >= 11 is 1.15. The van der Waals surface area contributed by atoms with Gasteiger partial charge in [-0.1, -0.05) is 6.07 Å². The van der Waals surface area contributed by atoms with Crippen molar-refractivity contribution in [2.24, 2.45) is 0 Å². The Balaban J connectivity index is 2.22. The highest BCUT2D eigenvalue weighted by Gasteiger charge is 2.32. The van der Waals surface area contributed by atoms with Gasteiger partial charge in [0.1, 0.15) is 15.2 Å². The number of carbonyl (C=O) groups excluding carboxylic acids is 1. The van der Waals surface area contributed by atoms with E-state index in [0.29, 0.717) is 18.8 Å². The van der Waals surface area contributed by atoms with Crippen LogP contribution in [0.1, 0.15) is 24.9 Å². The van der Waals surface area contributed by atoms with E-state index in [1.165, 1.54) is 6.26 Å². The zero-order valence-electron chi connectivity index (χ0n) is 13.1. The van der Waals surface area contributed by atoms with E-state index in [9.17, 15) is 13.2 Å². The van der Waals surface area contributed by atoms with Crippen LogP contribution in [0.4, 0.5) is 4.79 Å². The molecule has 2 rings (SSSR count). The molecule has 0 aliphatic carbocycles. The van der Waals surface area contributed by atoms with Gasteiger partial charge in [0.2, 0.25) is 0 Å². The first-order chi connectivity index (χ1) is 11.0. The summed E-state index contributed by atoms with van der Waals surface area (Å²) in [6.07, 6.45) is 1.43. The van der Waals surface area contributed by atoms with Crippen LogP contribution in [0.25, 0.3) is 0 Å². The minimum Gasteiger partial charge on any atom is -0.468 e. The standard InChI is InChI=1S/C15H20N2O4S2/c1-3-17(4-2)15(18)16-11-13(12-7-5-9-21-12)23(19,20)14-8-6-10-22-14/h5-10,13H,3-4,11H2,1-2H3,(H,16,18). The van der Waals surface area contributed by atoms with Crippen LogP contribution in [-0.4, -0.2) is 39.0 Å². The van der Waals surface area contributed by atoms with Crippen molar-refractivity contribution < 1.29 is 17.6 Å². The first-order valence-electron chi connectivity index (χ1n) is 7.34. The van der Waals surface area contributed by atoms with Crippen molar-refractivity contribution in [1.29, 1.82) is 0 Å². The highest BCUT2D eigenvalue weighted by molar-refractivity contribution is 7.93. The number of thiophene rings is 1. The largest absolute Gasteiger partial charge is 0.468 e. The third kappa shape index (κ3) is 3.94. The Morgan fingerprint density at radius 3 is 2.57 bits per heavy atom. The summed E-state index contributed by atoms with van der Waals surface area (Å²) in [5, 5.41) is 3.45. The van der Waals surface area contributed by atoms with Gasteiger partial charge in [0.05, 0.1) is 6.26 Å². The minimum atomic E-state index is -3.62. The lowest BCUT2D eigenvalue weighted by Gasteiger charge is -2.21. The number of nitrogens with zero attached hydrogens (tertiary/aromatic N) is 1. The van der Waals surface area contributed by atoms with E-state index < -0.39 is 15.1 Å². The quantitative estimate of drug-likeness (QED) is 0.827. The maximum absolute atomic E-state index is 12.8. The number of hydrogen-bond acceptors (Lipinski definition) is 5. The van der Waals surface area contributed by atoms with Gasteiger partial charge in [-0.15, -0.1) is 11.3 Å². The molecule has 1 N–H and O–H groups in total. The SMILES string of the molecule is CCN(CC)C(=O)NCC(c1ccco1)S(=O)(=O)c1cccs1. The van der Waals surface area contributed by atoms with Crippen LogP contribution in [0.3, 0.4) is 0 Å². The van der Waals surface area contributed by atoms with Crippen molar-refractivity contribution in [3.63, 3.8) is 0 Å². The van der Waals surface area contributed by atoms with E-state index in [2.05, 4.69) is 5.32 Å². The Morgan fingerprint density at radius 2 is 2.04 bits per heavy atom. The molecule has 1 unspecified atom stereocenters. The number of rotatable bonds is 7. The van der Waals surface area contributed by atoms with Crippen molar-refractivity contribution in [3.05, 3.63) is 41.7 Å². The number of nitrogens with one attached hydrogen (secondary N) is 1. The second-order valence-corrected chi connectivity index (χ2v) is 8.14. The van der Waals surface area contributed by atoms with Gasteiger partial charge in [-0.05, 0) is 37.4 Å². The van der Waals surface area contributed by atoms with Gasteiger partial charge in [-0.2, -0.15) is 0 Å². The summed E-state index contributed by atoms with van der Waals surface area (Å²) in [6, 6.07) is 6.21. The summed E-state index contributed by atoms with van der Waals surface area (Å²) < 4.78 is 31.1. The van der Waals surface area contributed by atoms with E-state index in [1.54, 1.807) is 34.5 Å². The highest BCUT2D eigenvalue weighted by atomic mass is 32.2. The molecule has 0 aliphatic heterocycles. The third-order valence-electron chi connectivity index (χ3n) is 3.50. The van der Waals surface area contributed by atoms with Gasteiger partial charge in [0, 0.05) is 19.6 Å². The van der Waals surface area contributed by atoms with Crippen molar-refractivity contribution >= 4 is 27.2 Å². The van der Waals surface area contributed by atoms with Crippen molar-refractivity contribution in [1.82, 2.24) is 10.2 Å². The summed E-state index contributed by atoms with van der Waals surface area (Å²) in [5.41, 5.74) is 0. The molecule has 2 heterocycles. The van der Waals surface area contributed by atoms with E-state index in [0.717, 1.165) is 11.3 Å². The molecule has 0 saturated carbocycles. The summed E-state index contributed by atoms with van der Waals surface area (Å²) in [5.74, 6) is 0.318. The van der Waals surface area contributed by atoms with Crippen molar-refractivity contribution in [2.45, 2.75) is 23.3 Å². The Hall–Kier alpha value is -1.80. The molecule has 0 bridgehead atoms. The molecule has 0 saturated heterocycles. The van der Waals surface area contributed by atoms with Gasteiger partial charge < -0.3 is 14.6 Å². The molecular formula is C15H20N2O4S2. The van der Waals surface area contributed by atoms with E-state index >= 15 is 0 Å².